The van der Waals surface area contributed by atoms with Crippen LogP contribution in [0.3, 0.4) is 0 Å². The fourth-order valence-electron chi connectivity index (χ4n) is 2.73. The monoisotopic (exact) mass is 357 g/mol. The average Bonchev–Trinajstić information content (AvgIpc) is 3.10. The normalized spacial score (nSPS) is 13.3. The number of rotatable bonds is 8. The van der Waals surface area contributed by atoms with Gasteiger partial charge in [-0.2, -0.15) is 0 Å². The minimum Gasteiger partial charge on any atom is -0.444 e. The Hall–Kier alpha value is -2.34. The highest BCUT2D eigenvalue weighted by atomic mass is 16.3. The van der Waals surface area contributed by atoms with Gasteiger partial charge in [0.05, 0.1) is 12.2 Å². The highest BCUT2D eigenvalue weighted by Gasteiger charge is 2.14. The molecule has 2 N–H and O–H groups in total. The van der Waals surface area contributed by atoms with E-state index >= 15 is 0 Å². The summed E-state index contributed by atoms with van der Waals surface area (Å²) < 4.78 is 5.57. The van der Waals surface area contributed by atoms with Gasteiger partial charge in [-0.05, 0) is 38.6 Å². The third-order valence-electron chi connectivity index (χ3n) is 4.21. The first-order valence-electron chi connectivity index (χ1n) is 9.10. The van der Waals surface area contributed by atoms with Crippen molar-refractivity contribution in [2.75, 3.05) is 27.7 Å². The summed E-state index contributed by atoms with van der Waals surface area (Å²) in [7, 11) is 6.01. The third kappa shape index (κ3) is 6.19. The second kappa shape index (κ2) is 9.97. The van der Waals surface area contributed by atoms with Crippen LogP contribution in [0.1, 0.15) is 26.0 Å². The van der Waals surface area contributed by atoms with E-state index < -0.39 is 0 Å². The number of aliphatic imine (C=N–C) groups is 1. The zero-order valence-electron chi connectivity index (χ0n) is 16.5. The van der Waals surface area contributed by atoms with E-state index in [0.29, 0.717) is 24.4 Å². The first-order chi connectivity index (χ1) is 12.5. The zero-order chi connectivity index (χ0) is 18.9. The molecule has 0 amide bonds. The summed E-state index contributed by atoms with van der Waals surface area (Å²) in [6.07, 6.45) is 2.82. The first kappa shape index (κ1) is 20.0. The van der Waals surface area contributed by atoms with Crippen LogP contribution < -0.4 is 10.6 Å². The molecule has 6 heteroatoms. The maximum atomic E-state index is 5.57. The van der Waals surface area contributed by atoms with E-state index in [9.17, 15) is 0 Å². The van der Waals surface area contributed by atoms with Gasteiger partial charge in [0.15, 0.2) is 5.96 Å². The predicted octanol–water partition coefficient (Wildman–Crippen LogP) is 2.98. The van der Waals surface area contributed by atoms with Crippen molar-refractivity contribution in [3.05, 3.63) is 42.3 Å². The Morgan fingerprint density at radius 1 is 1.19 bits per heavy atom. The van der Waals surface area contributed by atoms with Crippen molar-refractivity contribution < 1.29 is 4.42 Å². The zero-order valence-corrected chi connectivity index (χ0v) is 16.5. The number of nitrogens with zero attached hydrogens (tertiary/aromatic N) is 3. The molecule has 2 rings (SSSR count). The van der Waals surface area contributed by atoms with Gasteiger partial charge in [0.2, 0.25) is 5.89 Å². The number of guanidine groups is 1. The summed E-state index contributed by atoms with van der Waals surface area (Å²) in [6.45, 7) is 5.91. The molecule has 0 bridgehead atoms. The standard InChI is InChI=1S/C20H31N5O/c1-15(2)11-18(25(4)5)13-23-20(21-3)22-12-17-14-26-19(24-17)16-9-7-6-8-10-16/h6-10,14-15,18H,11-13H2,1-5H3,(H2,21,22,23). The van der Waals surface area contributed by atoms with E-state index in [2.05, 4.69) is 53.5 Å². The molecule has 6 nitrogen and oxygen atoms in total. The molecule has 26 heavy (non-hydrogen) atoms. The largest absolute Gasteiger partial charge is 0.444 e. The molecule has 0 spiro atoms. The maximum absolute atomic E-state index is 5.57. The summed E-state index contributed by atoms with van der Waals surface area (Å²) in [5.41, 5.74) is 1.82. The Kier molecular flexibility index (Phi) is 7.66. The fourth-order valence-corrected chi connectivity index (χ4v) is 2.73. The summed E-state index contributed by atoms with van der Waals surface area (Å²) in [4.78, 5) is 11.1. The Morgan fingerprint density at radius 3 is 2.54 bits per heavy atom. The smallest absolute Gasteiger partial charge is 0.226 e. The minimum absolute atomic E-state index is 0.463. The van der Waals surface area contributed by atoms with Crippen LogP contribution in [0.2, 0.25) is 0 Å². The van der Waals surface area contributed by atoms with Gasteiger partial charge in [0.1, 0.15) is 6.26 Å². The molecule has 0 saturated heterocycles. The predicted molar refractivity (Wildman–Crippen MR) is 107 cm³/mol. The van der Waals surface area contributed by atoms with Crippen LogP contribution in [0.15, 0.2) is 46.0 Å². The van der Waals surface area contributed by atoms with Crippen molar-refractivity contribution in [3.63, 3.8) is 0 Å². The molecule has 142 valence electrons. The van der Waals surface area contributed by atoms with Crippen molar-refractivity contribution in [2.24, 2.45) is 10.9 Å². The molecule has 0 saturated carbocycles. The highest BCUT2D eigenvalue weighted by molar-refractivity contribution is 5.79. The van der Waals surface area contributed by atoms with Gasteiger partial charge in [-0.15, -0.1) is 0 Å². The van der Waals surface area contributed by atoms with Crippen LogP contribution in [0.5, 0.6) is 0 Å². The Balaban J connectivity index is 1.86. The molecular weight excluding hydrogens is 326 g/mol. The highest BCUT2D eigenvalue weighted by Crippen LogP contribution is 2.17. The summed E-state index contributed by atoms with van der Waals surface area (Å²) in [5, 5.41) is 6.70. The molecule has 1 heterocycles. The second-order valence-corrected chi connectivity index (χ2v) is 7.06. The van der Waals surface area contributed by atoms with E-state index in [1.54, 1.807) is 13.3 Å². The first-order valence-corrected chi connectivity index (χ1v) is 9.10. The van der Waals surface area contributed by atoms with Crippen LogP contribution in [-0.4, -0.2) is 49.6 Å². The fraction of sp³-hybridized carbons (Fsp3) is 0.500. The number of aromatic nitrogens is 1. The second-order valence-electron chi connectivity index (χ2n) is 7.06. The number of hydrogen-bond donors (Lipinski definition) is 2. The van der Waals surface area contributed by atoms with Crippen molar-refractivity contribution in [2.45, 2.75) is 32.9 Å². The molecule has 1 aromatic heterocycles. The van der Waals surface area contributed by atoms with Gasteiger partial charge in [-0.25, -0.2) is 4.98 Å². The minimum atomic E-state index is 0.463. The van der Waals surface area contributed by atoms with Crippen molar-refractivity contribution >= 4 is 5.96 Å². The topological polar surface area (TPSA) is 65.7 Å². The van der Waals surface area contributed by atoms with Crippen LogP contribution in [-0.2, 0) is 6.54 Å². The molecule has 2 aromatic rings. The SMILES string of the molecule is CN=C(NCc1coc(-c2ccccc2)n1)NCC(CC(C)C)N(C)C. The summed E-state index contributed by atoms with van der Waals surface area (Å²) >= 11 is 0. The van der Waals surface area contributed by atoms with Crippen LogP contribution >= 0.6 is 0 Å². The number of oxazole rings is 1. The lowest BCUT2D eigenvalue weighted by atomic mass is 10.0. The summed E-state index contributed by atoms with van der Waals surface area (Å²) in [5.74, 6) is 2.06. The van der Waals surface area contributed by atoms with E-state index in [-0.39, 0.29) is 0 Å². The molecule has 0 aliphatic carbocycles. The van der Waals surface area contributed by atoms with E-state index in [1.807, 2.05) is 30.3 Å². The van der Waals surface area contributed by atoms with Gasteiger partial charge < -0.3 is 20.0 Å². The van der Waals surface area contributed by atoms with E-state index in [1.165, 1.54) is 0 Å². The van der Waals surface area contributed by atoms with Gasteiger partial charge in [0.25, 0.3) is 0 Å². The third-order valence-corrected chi connectivity index (χ3v) is 4.21. The molecule has 0 fully saturated rings. The molecule has 0 aliphatic rings. The van der Waals surface area contributed by atoms with Gasteiger partial charge in [-0.3, -0.25) is 4.99 Å². The summed E-state index contributed by atoms with van der Waals surface area (Å²) in [6, 6.07) is 10.4. The number of benzene rings is 1. The Bertz CT molecular complexity index is 679. The lowest BCUT2D eigenvalue weighted by Crippen LogP contribution is -2.45. The molecular formula is C20H31N5O. The average molecular weight is 358 g/mol. The maximum Gasteiger partial charge on any atom is 0.226 e. The molecule has 0 radical (unpaired) electrons. The number of likely N-dealkylation sites (N-methyl/N-ethyl adjacent to an activating group) is 1. The van der Waals surface area contributed by atoms with E-state index in [0.717, 1.165) is 30.2 Å². The van der Waals surface area contributed by atoms with Crippen molar-refractivity contribution in [1.82, 2.24) is 20.5 Å². The van der Waals surface area contributed by atoms with Gasteiger partial charge in [-0.1, -0.05) is 32.0 Å². The molecule has 1 aromatic carbocycles. The molecule has 0 aliphatic heterocycles. The van der Waals surface area contributed by atoms with Crippen LogP contribution in [0.4, 0.5) is 0 Å². The Morgan fingerprint density at radius 2 is 1.92 bits per heavy atom. The van der Waals surface area contributed by atoms with Gasteiger partial charge in [0, 0.05) is 25.2 Å². The number of nitrogens with one attached hydrogen (secondary N) is 2. The molecule has 1 unspecified atom stereocenters. The lowest BCUT2D eigenvalue weighted by Gasteiger charge is -2.27. The number of hydrogen-bond acceptors (Lipinski definition) is 4. The van der Waals surface area contributed by atoms with Gasteiger partial charge >= 0.3 is 0 Å². The van der Waals surface area contributed by atoms with Crippen molar-refractivity contribution in [3.8, 4) is 11.5 Å². The van der Waals surface area contributed by atoms with E-state index in [4.69, 9.17) is 4.42 Å². The molecule has 1 atom stereocenters. The quantitative estimate of drug-likeness (QED) is 0.562. The Labute approximate surface area is 156 Å². The van der Waals surface area contributed by atoms with Crippen LogP contribution in [0.25, 0.3) is 11.5 Å². The van der Waals surface area contributed by atoms with Crippen molar-refractivity contribution in [1.29, 1.82) is 0 Å². The van der Waals surface area contributed by atoms with Crippen LogP contribution in [0, 0.1) is 5.92 Å². The lowest BCUT2D eigenvalue weighted by molar-refractivity contribution is 0.254.